The summed E-state index contributed by atoms with van der Waals surface area (Å²) in [5.41, 5.74) is 6.14. The number of benzene rings is 2. The Bertz CT molecular complexity index is 675. The zero-order valence-corrected chi connectivity index (χ0v) is 15.4. The Labute approximate surface area is 145 Å². The predicted octanol–water partition coefficient (Wildman–Crippen LogP) is 5.30. The molecule has 2 nitrogen and oxygen atoms in total. The Hall–Kier alpha value is -1.87. The molecule has 2 N–H and O–H groups in total. The van der Waals surface area contributed by atoms with Crippen LogP contribution >= 0.6 is 12.2 Å². The highest BCUT2D eigenvalue weighted by molar-refractivity contribution is 7.80. The summed E-state index contributed by atoms with van der Waals surface area (Å²) >= 11 is 5.51. The van der Waals surface area contributed by atoms with Gasteiger partial charge in [0.05, 0.1) is 6.04 Å². The molecule has 0 radical (unpaired) electrons. The van der Waals surface area contributed by atoms with Gasteiger partial charge in [-0.2, -0.15) is 0 Å². The normalized spacial score (nSPS) is 12.1. The summed E-state index contributed by atoms with van der Waals surface area (Å²) in [4.78, 5) is 0. The minimum Gasteiger partial charge on any atom is -0.355 e. The maximum Gasteiger partial charge on any atom is 0.171 e. The van der Waals surface area contributed by atoms with Crippen molar-refractivity contribution in [3.63, 3.8) is 0 Å². The molecule has 122 valence electrons. The van der Waals surface area contributed by atoms with Crippen LogP contribution in [-0.4, -0.2) is 5.11 Å². The average molecular weight is 327 g/mol. The molecule has 1 atom stereocenters. The van der Waals surface area contributed by atoms with Gasteiger partial charge in [0.15, 0.2) is 5.11 Å². The molecular weight excluding hydrogens is 300 g/mol. The first-order valence-electron chi connectivity index (χ1n) is 8.08. The van der Waals surface area contributed by atoms with E-state index in [1.54, 1.807) is 0 Å². The summed E-state index contributed by atoms with van der Waals surface area (Å²) < 4.78 is 0. The third kappa shape index (κ3) is 4.80. The maximum absolute atomic E-state index is 5.51. The van der Waals surface area contributed by atoms with Gasteiger partial charge in [-0.3, -0.25) is 0 Å². The first-order chi connectivity index (χ1) is 10.9. The summed E-state index contributed by atoms with van der Waals surface area (Å²) in [6.07, 6.45) is 0. The van der Waals surface area contributed by atoms with E-state index < -0.39 is 0 Å². The number of rotatable bonds is 4. The van der Waals surface area contributed by atoms with Gasteiger partial charge in [-0.25, -0.2) is 0 Å². The lowest BCUT2D eigenvalue weighted by Gasteiger charge is -2.26. The molecule has 2 aromatic rings. The molecule has 0 unspecified atom stereocenters. The van der Waals surface area contributed by atoms with Crippen molar-refractivity contribution in [2.24, 2.45) is 5.92 Å². The Morgan fingerprint density at radius 3 is 2.09 bits per heavy atom. The Kier molecular flexibility index (Phi) is 5.78. The zero-order chi connectivity index (χ0) is 17.0. The second-order valence-corrected chi connectivity index (χ2v) is 6.95. The summed E-state index contributed by atoms with van der Waals surface area (Å²) in [6.45, 7) is 10.8. The number of hydrogen-bond donors (Lipinski definition) is 2. The lowest BCUT2D eigenvalue weighted by Crippen LogP contribution is -2.35. The van der Waals surface area contributed by atoms with E-state index in [1.165, 1.54) is 22.3 Å². The van der Waals surface area contributed by atoms with Gasteiger partial charge in [0.2, 0.25) is 0 Å². The molecule has 0 bridgehead atoms. The zero-order valence-electron chi connectivity index (χ0n) is 14.6. The fourth-order valence-electron chi connectivity index (χ4n) is 2.72. The topological polar surface area (TPSA) is 24.1 Å². The minimum absolute atomic E-state index is 0.195. The molecular formula is C20H26N2S. The first-order valence-corrected chi connectivity index (χ1v) is 8.49. The van der Waals surface area contributed by atoms with Crippen molar-refractivity contribution >= 4 is 23.0 Å². The number of nitrogens with one attached hydrogen (secondary N) is 2. The fourth-order valence-corrected chi connectivity index (χ4v) is 2.97. The summed E-state index contributed by atoms with van der Waals surface area (Å²) in [7, 11) is 0. The van der Waals surface area contributed by atoms with Gasteiger partial charge < -0.3 is 10.6 Å². The molecule has 0 aliphatic heterocycles. The van der Waals surface area contributed by atoms with E-state index in [0.717, 1.165) is 5.69 Å². The van der Waals surface area contributed by atoms with E-state index in [0.29, 0.717) is 11.0 Å². The number of anilines is 1. The second kappa shape index (κ2) is 7.60. The van der Waals surface area contributed by atoms with Crippen LogP contribution in [0.4, 0.5) is 5.69 Å². The Balaban J connectivity index is 2.12. The highest BCUT2D eigenvalue weighted by atomic mass is 32.1. The molecule has 0 aromatic heterocycles. The standard InChI is InChI=1S/C20H26N2S/c1-13(2)19(18-11-8-15(4)12-16(18)5)22-20(23)21-17-9-6-14(3)7-10-17/h6-13,19H,1-5H3,(H2,21,22,23)/t19-/m1/s1. The molecule has 0 spiro atoms. The highest BCUT2D eigenvalue weighted by Gasteiger charge is 2.18. The number of hydrogen-bond acceptors (Lipinski definition) is 1. The quantitative estimate of drug-likeness (QED) is 0.746. The SMILES string of the molecule is Cc1ccc(NC(=S)N[C@@H](c2ccc(C)cc2C)C(C)C)cc1. The largest absolute Gasteiger partial charge is 0.355 e. The van der Waals surface area contributed by atoms with Crippen LogP contribution in [0.3, 0.4) is 0 Å². The van der Waals surface area contributed by atoms with Crippen molar-refractivity contribution in [2.45, 2.75) is 40.7 Å². The maximum atomic E-state index is 5.51. The lowest BCUT2D eigenvalue weighted by atomic mass is 9.92. The molecule has 23 heavy (non-hydrogen) atoms. The van der Waals surface area contributed by atoms with E-state index in [2.05, 4.69) is 75.6 Å². The van der Waals surface area contributed by atoms with Gasteiger partial charge in [-0.1, -0.05) is 55.3 Å². The smallest absolute Gasteiger partial charge is 0.171 e. The number of aryl methyl sites for hydroxylation is 3. The summed E-state index contributed by atoms with van der Waals surface area (Å²) in [6, 6.07) is 15.0. The molecule has 2 aromatic carbocycles. The molecule has 0 saturated carbocycles. The first kappa shape index (κ1) is 17.5. The van der Waals surface area contributed by atoms with Gasteiger partial charge in [-0.05, 0) is 62.2 Å². The number of thiocarbonyl (C=S) groups is 1. The van der Waals surface area contributed by atoms with Crippen LogP contribution in [-0.2, 0) is 0 Å². The van der Waals surface area contributed by atoms with Gasteiger partial charge in [-0.15, -0.1) is 0 Å². The van der Waals surface area contributed by atoms with Crippen LogP contribution < -0.4 is 10.6 Å². The van der Waals surface area contributed by atoms with Crippen LogP contribution in [0, 0.1) is 26.7 Å². The molecule has 0 fully saturated rings. The van der Waals surface area contributed by atoms with Gasteiger partial charge in [0.25, 0.3) is 0 Å². The van der Waals surface area contributed by atoms with Crippen LogP contribution in [0.25, 0.3) is 0 Å². The third-order valence-corrected chi connectivity index (χ3v) is 4.24. The van der Waals surface area contributed by atoms with E-state index in [1.807, 2.05) is 12.1 Å². The van der Waals surface area contributed by atoms with Crippen LogP contribution in [0.1, 0.15) is 42.1 Å². The van der Waals surface area contributed by atoms with E-state index >= 15 is 0 Å². The van der Waals surface area contributed by atoms with Crippen molar-refractivity contribution in [3.8, 4) is 0 Å². The van der Waals surface area contributed by atoms with Crippen molar-refractivity contribution in [1.29, 1.82) is 0 Å². The molecule has 0 aliphatic rings. The van der Waals surface area contributed by atoms with Crippen LogP contribution in [0.5, 0.6) is 0 Å². The van der Waals surface area contributed by atoms with E-state index in [4.69, 9.17) is 12.2 Å². The van der Waals surface area contributed by atoms with Gasteiger partial charge in [0.1, 0.15) is 0 Å². The van der Waals surface area contributed by atoms with Gasteiger partial charge >= 0.3 is 0 Å². The van der Waals surface area contributed by atoms with Crippen molar-refractivity contribution in [1.82, 2.24) is 5.32 Å². The Morgan fingerprint density at radius 1 is 0.913 bits per heavy atom. The Morgan fingerprint density at radius 2 is 1.52 bits per heavy atom. The lowest BCUT2D eigenvalue weighted by molar-refractivity contribution is 0.471. The molecule has 0 amide bonds. The highest BCUT2D eigenvalue weighted by Crippen LogP contribution is 2.25. The third-order valence-electron chi connectivity index (χ3n) is 4.02. The fraction of sp³-hybridized carbons (Fsp3) is 0.350. The van der Waals surface area contributed by atoms with Crippen molar-refractivity contribution < 1.29 is 0 Å². The predicted molar refractivity (Wildman–Crippen MR) is 104 cm³/mol. The van der Waals surface area contributed by atoms with E-state index in [9.17, 15) is 0 Å². The summed E-state index contributed by atoms with van der Waals surface area (Å²) in [5.74, 6) is 0.439. The molecule has 0 saturated heterocycles. The van der Waals surface area contributed by atoms with Gasteiger partial charge in [0, 0.05) is 5.69 Å². The van der Waals surface area contributed by atoms with Crippen molar-refractivity contribution in [2.75, 3.05) is 5.32 Å². The molecule has 0 heterocycles. The van der Waals surface area contributed by atoms with Crippen LogP contribution in [0.15, 0.2) is 42.5 Å². The van der Waals surface area contributed by atoms with E-state index in [-0.39, 0.29) is 6.04 Å². The average Bonchev–Trinajstić information content (AvgIpc) is 2.48. The minimum atomic E-state index is 0.195. The van der Waals surface area contributed by atoms with Crippen LogP contribution in [0.2, 0.25) is 0 Å². The monoisotopic (exact) mass is 326 g/mol. The summed E-state index contributed by atoms with van der Waals surface area (Å²) in [5, 5.41) is 7.41. The second-order valence-electron chi connectivity index (χ2n) is 6.55. The molecule has 0 aliphatic carbocycles. The van der Waals surface area contributed by atoms with Crippen molar-refractivity contribution in [3.05, 3.63) is 64.7 Å². The molecule has 2 rings (SSSR count). The molecule has 3 heteroatoms.